The van der Waals surface area contributed by atoms with Crippen molar-refractivity contribution >= 4 is 17.3 Å². The molecule has 0 saturated carbocycles. The summed E-state index contributed by atoms with van der Waals surface area (Å²) in [5, 5.41) is 10.5. The van der Waals surface area contributed by atoms with Gasteiger partial charge in [0.25, 0.3) is 0 Å². The van der Waals surface area contributed by atoms with Crippen molar-refractivity contribution in [2.45, 2.75) is 39.2 Å². The predicted molar refractivity (Wildman–Crippen MR) is 107 cm³/mol. The fourth-order valence-electron chi connectivity index (χ4n) is 3.51. The average molecular weight is 436 g/mol. The Hall–Kier alpha value is -2.72. The normalized spacial score (nSPS) is 16.6. The number of thiophene rings is 1. The topological polar surface area (TPSA) is 71.2 Å². The molecular formula is C20H19F3N4O2S. The van der Waals surface area contributed by atoms with Gasteiger partial charge in [-0.3, -0.25) is 4.57 Å². The van der Waals surface area contributed by atoms with Gasteiger partial charge in [-0.15, -0.1) is 11.3 Å². The minimum Gasteiger partial charge on any atom is -0.387 e. The zero-order valence-corrected chi connectivity index (χ0v) is 17.1. The fraction of sp³-hybridized carbons (Fsp3) is 0.350. The van der Waals surface area contributed by atoms with Crippen LogP contribution in [0, 0.1) is 13.8 Å². The van der Waals surface area contributed by atoms with Crippen molar-refractivity contribution in [3.8, 4) is 0 Å². The van der Waals surface area contributed by atoms with Crippen molar-refractivity contribution in [1.82, 2.24) is 14.5 Å². The summed E-state index contributed by atoms with van der Waals surface area (Å²) in [6.07, 6.45) is -5.14. The van der Waals surface area contributed by atoms with E-state index in [1.165, 1.54) is 10.6 Å². The number of hydrogen-bond donors (Lipinski definition) is 1. The highest BCUT2D eigenvalue weighted by Gasteiger charge is 2.32. The van der Waals surface area contributed by atoms with Gasteiger partial charge in [-0.05, 0) is 37.1 Å². The monoisotopic (exact) mass is 436 g/mol. The van der Waals surface area contributed by atoms with Crippen molar-refractivity contribution in [2.75, 3.05) is 11.4 Å². The van der Waals surface area contributed by atoms with Crippen LogP contribution in [0.5, 0.6) is 0 Å². The number of rotatable bonds is 3. The summed E-state index contributed by atoms with van der Waals surface area (Å²) in [6.45, 7) is 4.24. The van der Waals surface area contributed by atoms with E-state index in [0.717, 1.165) is 22.8 Å². The van der Waals surface area contributed by atoms with E-state index in [2.05, 4.69) is 9.97 Å². The van der Waals surface area contributed by atoms with Gasteiger partial charge < -0.3 is 10.0 Å². The lowest BCUT2D eigenvalue weighted by Gasteiger charge is -2.32. The van der Waals surface area contributed by atoms with E-state index >= 15 is 0 Å². The Morgan fingerprint density at radius 2 is 1.97 bits per heavy atom. The van der Waals surface area contributed by atoms with Crippen LogP contribution in [0.3, 0.4) is 0 Å². The van der Waals surface area contributed by atoms with E-state index < -0.39 is 22.8 Å². The number of anilines is 1. The fourth-order valence-corrected chi connectivity index (χ4v) is 4.37. The molecule has 0 radical (unpaired) electrons. The largest absolute Gasteiger partial charge is 0.425 e. The van der Waals surface area contributed by atoms with Gasteiger partial charge in [-0.1, -0.05) is 23.8 Å². The van der Waals surface area contributed by atoms with Crippen LogP contribution in [0.25, 0.3) is 0 Å². The Bertz CT molecular complexity index is 1160. The molecule has 0 aliphatic carbocycles. The molecule has 0 amide bonds. The predicted octanol–water partition coefficient (Wildman–Crippen LogP) is 3.44. The number of nitrogens with zero attached hydrogens (tertiary/aromatic N) is 4. The number of aliphatic hydroxyl groups excluding tert-OH is 1. The molecule has 0 unspecified atom stereocenters. The first kappa shape index (κ1) is 20.5. The number of aryl methyl sites for hydroxylation is 2. The second-order valence-corrected chi connectivity index (χ2v) is 8.47. The van der Waals surface area contributed by atoms with Gasteiger partial charge in [-0.25, -0.2) is 4.79 Å². The third-order valence-corrected chi connectivity index (χ3v) is 6.15. The van der Waals surface area contributed by atoms with Gasteiger partial charge in [0, 0.05) is 11.4 Å². The van der Waals surface area contributed by atoms with E-state index in [0.29, 0.717) is 28.6 Å². The average Bonchev–Trinajstić information content (AvgIpc) is 3.14. The summed E-state index contributed by atoms with van der Waals surface area (Å²) < 4.78 is 39.7. The van der Waals surface area contributed by atoms with Crippen LogP contribution in [0.1, 0.15) is 38.4 Å². The molecule has 10 heteroatoms. The Kier molecular flexibility index (Phi) is 5.15. The second kappa shape index (κ2) is 7.51. The maximum atomic E-state index is 12.8. The highest BCUT2D eigenvalue weighted by Crippen LogP contribution is 2.35. The molecule has 3 heterocycles. The minimum atomic E-state index is -4.41. The summed E-state index contributed by atoms with van der Waals surface area (Å²) in [5.74, 6) is 0.539. The molecule has 0 spiro atoms. The Morgan fingerprint density at radius 1 is 1.20 bits per heavy atom. The number of β-amino-alcohol motifs (C(OH)–C–C–N with tert-alkyl or cyclic N) is 1. The third kappa shape index (κ3) is 3.97. The summed E-state index contributed by atoms with van der Waals surface area (Å²) in [5.41, 5.74) is 2.25. The molecule has 1 atom stereocenters. The highest BCUT2D eigenvalue weighted by atomic mass is 32.1. The van der Waals surface area contributed by atoms with E-state index in [4.69, 9.17) is 0 Å². The molecular weight excluding hydrogens is 417 g/mol. The lowest BCUT2D eigenvalue weighted by Crippen LogP contribution is -2.38. The number of alkyl halides is 3. The lowest BCUT2D eigenvalue weighted by atomic mass is 9.96. The van der Waals surface area contributed by atoms with Crippen molar-refractivity contribution in [2.24, 2.45) is 0 Å². The van der Waals surface area contributed by atoms with Gasteiger partial charge in [0.15, 0.2) is 0 Å². The molecule has 0 saturated heterocycles. The molecule has 30 heavy (non-hydrogen) atoms. The standard InChI is InChI=1S/C20H19F3N4O2S/c1-11-3-4-13-8-26(10-16(28)15(13)7-11)18-24-12(2)27(19(29)25-18)9-14-5-6-17(30-14)20(21,22)23/h3-7,16,28H,8-10H2,1-2H3/t16-/m1/s1. The van der Waals surface area contributed by atoms with Crippen LogP contribution in [0.4, 0.5) is 19.1 Å². The number of halogens is 3. The first-order valence-electron chi connectivity index (χ1n) is 9.25. The zero-order valence-electron chi connectivity index (χ0n) is 16.3. The van der Waals surface area contributed by atoms with Gasteiger partial charge in [0.2, 0.25) is 5.95 Å². The van der Waals surface area contributed by atoms with Crippen LogP contribution >= 0.6 is 11.3 Å². The quantitative estimate of drug-likeness (QED) is 0.681. The van der Waals surface area contributed by atoms with E-state index in [-0.39, 0.29) is 19.0 Å². The van der Waals surface area contributed by atoms with Gasteiger partial charge in [-0.2, -0.15) is 23.1 Å². The van der Waals surface area contributed by atoms with E-state index in [1.807, 2.05) is 25.1 Å². The molecule has 1 aliphatic heterocycles. The maximum absolute atomic E-state index is 12.8. The summed E-state index contributed by atoms with van der Waals surface area (Å²) >= 11 is 0.594. The third-order valence-electron chi connectivity index (χ3n) is 5.03. The van der Waals surface area contributed by atoms with E-state index in [9.17, 15) is 23.1 Å². The molecule has 1 N–H and O–H groups in total. The smallest absolute Gasteiger partial charge is 0.387 e. The van der Waals surface area contributed by atoms with Crippen LogP contribution in [-0.4, -0.2) is 26.2 Å². The van der Waals surface area contributed by atoms with Gasteiger partial charge in [0.05, 0.1) is 19.2 Å². The Labute approximate surface area is 174 Å². The molecule has 0 bridgehead atoms. The Balaban J connectivity index is 1.60. The summed E-state index contributed by atoms with van der Waals surface area (Å²) in [6, 6.07) is 8.19. The van der Waals surface area contributed by atoms with Crippen molar-refractivity contribution in [1.29, 1.82) is 0 Å². The first-order valence-corrected chi connectivity index (χ1v) is 10.1. The van der Waals surface area contributed by atoms with Crippen LogP contribution in [-0.2, 0) is 19.3 Å². The van der Waals surface area contributed by atoms with Gasteiger partial charge >= 0.3 is 11.9 Å². The molecule has 1 aliphatic rings. The molecule has 3 aromatic rings. The number of benzene rings is 1. The van der Waals surface area contributed by atoms with Crippen LogP contribution in [0.2, 0.25) is 0 Å². The van der Waals surface area contributed by atoms with Gasteiger partial charge in [0.1, 0.15) is 10.7 Å². The first-order chi connectivity index (χ1) is 14.1. The van der Waals surface area contributed by atoms with E-state index in [1.54, 1.807) is 11.8 Å². The lowest BCUT2D eigenvalue weighted by molar-refractivity contribution is -0.134. The van der Waals surface area contributed by atoms with Crippen molar-refractivity contribution in [3.63, 3.8) is 0 Å². The van der Waals surface area contributed by atoms with Crippen molar-refractivity contribution in [3.05, 3.63) is 73.1 Å². The van der Waals surface area contributed by atoms with Crippen LogP contribution < -0.4 is 10.6 Å². The summed E-state index contributed by atoms with van der Waals surface area (Å²) in [4.78, 5) is 22.4. The second-order valence-electron chi connectivity index (χ2n) is 7.30. The molecule has 2 aromatic heterocycles. The minimum absolute atomic E-state index is 0.0313. The summed E-state index contributed by atoms with van der Waals surface area (Å²) in [7, 11) is 0. The molecule has 6 nitrogen and oxygen atoms in total. The number of aliphatic hydroxyl groups is 1. The number of hydrogen-bond acceptors (Lipinski definition) is 6. The van der Waals surface area contributed by atoms with Crippen LogP contribution in [0.15, 0.2) is 35.1 Å². The molecule has 158 valence electrons. The molecule has 1 aromatic carbocycles. The van der Waals surface area contributed by atoms with Crippen molar-refractivity contribution < 1.29 is 18.3 Å². The number of fused-ring (bicyclic) bond motifs is 1. The molecule has 0 fully saturated rings. The highest BCUT2D eigenvalue weighted by molar-refractivity contribution is 7.12. The zero-order chi connectivity index (χ0) is 21.6. The SMILES string of the molecule is Cc1ccc2c(c1)[C@H](O)CN(c1nc(C)n(Cc3ccc(C(F)(F)F)s3)c(=O)n1)C2. The molecule has 4 rings (SSSR count). The maximum Gasteiger partial charge on any atom is 0.425 e. The number of aromatic nitrogens is 3. The Morgan fingerprint density at radius 3 is 2.63 bits per heavy atom.